The van der Waals surface area contributed by atoms with E-state index in [0.29, 0.717) is 19.3 Å². The van der Waals surface area contributed by atoms with E-state index in [0.717, 1.165) is 0 Å². The van der Waals surface area contributed by atoms with Crippen molar-refractivity contribution in [2.24, 2.45) is 17.3 Å². The zero-order valence-electron chi connectivity index (χ0n) is 14.0. The van der Waals surface area contributed by atoms with E-state index in [2.05, 4.69) is 5.32 Å². The van der Waals surface area contributed by atoms with E-state index in [9.17, 15) is 14.7 Å². The fourth-order valence-corrected chi connectivity index (χ4v) is 2.82. The van der Waals surface area contributed by atoms with Crippen LogP contribution < -0.4 is 5.32 Å². The predicted molar refractivity (Wildman–Crippen MR) is 81.3 cm³/mol. The second-order valence-corrected chi connectivity index (χ2v) is 6.93. The molecule has 0 fully saturated rings. The number of Topliss-reactive ketones (excluding diaryl/α,β-unsaturated/α-hetero) is 1. The molecule has 3 atom stereocenters. The summed E-state index contributed by atoms with van der Waals surface area (Å²) in [6, 6.07) is 0. The van der Waals surface area contributed by atoms with Gasteiger partial charge in [0, 0.05) is 24.3 Å². The Labute approximate surface area is 123 Å². The van der Waals surface area contributed by atoms with Crippen molar-refractivity contribution in [2.75, 3.05) is 7.05 Å². The zero-order valence-corrected chi connectivity index (χ0v) is 14.0. The molecule has 0 aromatic carbocycles. The van der Waals surface area contributed by atoms with E-state index < -0.39 is 11.0 Å². The second kappa shape index (κ2) is 7.21. The molecule has 0 saturated carbocycles. The summed E-state index contributed by atoms with van der Waals surface area (Å²) in [6.07, 6.45) is 1.59. The Bertz CT molecular complexity index is 348. The van der Waals surface area contributed by atoms with Crippen LogP contribution in [0, 0.1) is 17.3 Å². The second-order valence-electron chi connectivity index (χ2n) is 6.93. The van der Waals surface area contributed by atoms with Gasteiger partial charge in [-0.2, -0.15) is 0 Å². The van der Waals surface area contributed by atoms with Crippen LogP contribution in [0.15, 0.2) is 0 Å². The summed E-state index contributed by atoms with van der Waals surface area (Å²) in [7, 11) is 1.60. The minimum absolute atomic E-state index is 0.0389. The van der Waals surface area contributed by atoms with Crippen LogP contribution in [0.4, 0.5) is 0 Å². The van der Waals surface area contributed by atoms with Gasteiger partial charge in [-0.25, -0.2) is 0 Å². The molecule has 0 heterocycles. The molecule has 1 amide bonds. The summed E-state index contributed by atoms with van der Waals surface area (Å²) in [4.78, 5) is 24.1. The standard InChI is InChI=1S/C16H31NO3/c1-8-16(6,20)10-15(4,5)13(18)11(2)9-12(3)14(19)17-7/h11-12,20H,8-10H2,1-7H3,(H,17,19). The van der Waals surface area contributed by atoms with Gasteiger partial charge in [0.1, 0.15) is 5.78 Å². The van der Waals surface area contributed by atoms with Crippen molar-refractivity contribution < 1.29 is 14.7 Å². The minimum atomic E-state index is -0.828. The Hall–Kier alpha value is -0.900. The lowest BCUT2D eigenvalue weighted by Gasteiger charge is -2.34. The molecule has 3 unspecified atom stereocenters. The largest absolute Gasteiger partial charge is 0.390 e. The van der Waals surface area contributed by atoms with Crippen LogP contribution in [0.2, 0.25) is 0 Å². The first kappa shape index (κ1) is 19.1. The number of amides is 1. The van der Waals surface area contributed by atoms with Gasteiger partial charge in [-0.05, 0) is 26.2 Å². The number of carbonyl (C=O) groups is 2. The minimum Gasteiger partial charge on any atom is -0.390 e. The van der Waals surface area contributed by atoms with Crippen LogP contribution in [0.1, 0.15) is 60.8 Å². The zero-order chi connectivity index (χ0) is 16.1. The van der Waals surface area contributed by atoms with Gasteiger partial charge in [0.05, 0.1) is 5.60 Å². The van der Waals surface area contributed by atoms with Gasteiger partial charge in [0.2, 0.25) is 5.91 Å². The summed E-state index contributed by atoms with van der Waals surface area (Å²) in [6.45, 7) is 11.1. The first-order valence-corrected chi connectivity index (χ1v) is 7.45. The molecule has 0 aliphatic heterocycles. The molecule has 2 N–H and O–H groups in total. The van der Waals surface area contributed by atoms with Crippen LogP contribution in [-0.4, -0.2) is 29.4 Å². The molecule has 0 spiro atoms. The molecule has 0 rings (SSSR count). The molecule has 4 nitrogen and oxygen atoms in total. The molecule has 118 valence electrons. The molecule has 4 heteroatoms. The number of ketones is 1. The fraction of sp³-hybridized carbons (Fsp3) is 0.875. The van der Waals surface area contributed by atoms with E-state index in [1.807, 2.05) is 34.6 Å². The maximum absolute atomic E-state index is 12.6. The van der Waals surface area contributed by atoms with Crippen molar-refractivity contribution in [3.05, 3.63) is 0 Å². The number of nitrogens with one attached hydrogen (secondary N) is 1. The maximum atomic E-state index is 12.6. The highest BCUT2D eigenvalue weighted by molar-refractivity contribution is 5.87. The molecule has 20 heavy (non-hydrogen) atoms. The van der Waals surface area contributed by atoms with Crippen LogP contribution in [-0.2, 0) is 9.59 Å². The number of aliphatic hydroxyl groups is 1. The van der Waals surface area contributed by atoms with Crippen molar-refractivity contribution in [3.63, 3.8) is 0 Å². The van der Waals surface area contributed by atoms with E-state index >= 15 is 0 Å². The summed E-state index contributed by atoms with van der Waals surface area (Å²) in [5.74, 6) is -0.295. The monoisotopic (exact) mass is 285 g/mol. The van der Waals surface area contributed by atoms with Crippen molar-refractivity contribution in [2.45, 2.75) is 66.4 Å². The van der Waals surface area contributed by atoms with Gasteiger partial charge in [0.15, 0.2) is 0 Å². The quantitative estimate of drug-likeness (QED) is 0.720. The third kappa shape index (κ3) is 5.61. The number of hydrogen-bond acceptors (Lipinski definition) is 3. The number of hydrogen-bond donors (Lipinski definition) is 2. The number of rotatable bonds is 8. The molecule has 0 aliphatic carbocycles. The molecule has 0 aromatic heterocycles. The van der Waals surface area contributed by atoms with Gasteiger partial charge in [0.25, 0.3) is 0 Å². The SMILES string of the molecule is CCC(C)(O)CC(C)(C)C(=O)C(C)CC(C)C(=O)NC. The van der Waals surface area contributed by atoms with Crippen LogP contribution >= 0.6 is 0 Å². The smallest absolute Gasteiger partial charge is 0.222 e. The molecule has 0 aromatic rings. The summed E-state index contributed by atoms with van der Waals surface area (Å²) in [5.41, 5.74) is -1.41. The molecule has 0 aliphatic rings. The molecule has 0 radical (unpaired) electrons. The van der Waals surface area contributed by atoms with Crippen molar-refractivity contribution in [1.82, 2.24) is 5.32 Å². The Morgan fingerprint density at radius 2 is 1.65 bits per heavy atom. The van der Waals surface area contributed by atoms with Crippen molar-refractivity contribution in [3.8, 4) is 0 Å². The lowest BCUT2D eigenvalue weighted by atomic mass is 9.72. The molecular weight excluding hydrogens is 254 g/mol. The highest BCUT2D eigenvalue weighted by atomic mass is 16.3. The van der Waals surface area contributed by atoms with Crippen molar-refractivity contribution in [1.29, 1.82) is 0 Å². The van der Waals surface area contributed by atoms with Crippen molar-refractivity contribution >= 4 is 11.7 Å². The van der Waals surface area contributed by atoms with Gasteiger partial charge in [-0.1, -0.05) is 34.6 Å². The fourth-order valence-electron chi connectivity index (χ4n) is 2.82. The van der Waals surface area contributed by atoms with Gasteiger partial charge >= 0.3 is 0 Å². The van der Waals surface area contributed by atoms with E-state index in [-0.39, 0.29) is 23.5 Å². The lowest BCUT2D eigenvalue weighted by Crippen LogP contribution is -2.39. The Balaban J connectivity index is 4.75. The summed E-state index contributed by atoms with van der Waals surface area (Å²) in [5, 5.41) is 12.8. The first-order valence-electron chi connectivity index (χ1n) is 7.45. The number of carbonyl (C=O) groups excluding carboxylic acids is 2. The highest BCUT2D eigenvalue weighted by Gasteiger charge is 2.37. The maximum Gasteiger partial charge on any atom is 0.222 e. The molecule has 0 saturated heterocycles. The average Bonchev–Trinajstić information content (AvgIpc) is 2.35. The molecule has 0 bridgehead atoms. The Morgan fingerprint density at radius 3 is 2.05 bits per heavy atom. The summed E-state index contributed by atoms with van der Waals surface area (Å²) >= 11 is 0. The first-order chi connectivity index (χ1) is 8.96. The van der Waals surface area contributed by atoms with Gasteiger partial charge in [-0.15, -0.1) is 0 Å². The van der Waals surface area contributed by atoms with Gasteiger partial charge in [-0.3, -0.25) is 9.59 Å². The lowest BCUT2D eigenvalue weighted by molar-refractivity contribution is -0.135. The van der Waals surface area contributed by atoms with Crippen LogP contribution in [0.5, 0.6) is 0 Å². The van der Waals surface area contributed by atoms with Crippen LogP contribution in [0.3, 0.4) is 0 Å². The highest BCUT2D eigenvalue weighted by Crippen LogP contribution is 2.34. The van der Waals surface area contributed by atoms with E-state index in [1.165, 1.54) is 0 Å². The average molecular weight is 285 g/mol. The third-order valence-electron chi connectivity index (χ3n) is 4.10. The van der Waals surface area contributed by atoms with Crippen LogP contribution in [0.25, 0.3) is 0 Å². The Kier molecular flexibility index (Phi) is 6.88. The Morgan fingerprint density at radius 1 is 1.15 bits per heavy atom. The normalized spacial score (nSPS) is 18.0. The topological polar surface area (TPSA) is 66.4 Å². The van der Waals surface area contributed by atoms with E-state index in [4.69, 9.17) is 0 Å². The molecular formula is C16H31NO3. The third-order valence-corrected chi connectivity index (χ3v) is 4.10. The van der Waals surface area contributed by atoms with E-state index in [1.54, 1.807) is 14.0 Å². The van der Waals surface area contributed by atoms with Gasteiger partial charge < -0.3 is 10.4 Å². The predicted octanol–water partition coefficient (Wildman–Crippen LogP) is 2.54. The summed E-state index contributed by atoms with van der Waals surface area (Å²) < 4.78 is 0.